The first-order valence-corrected chi connectivity index (χ1v) is 5.90. The lowest BCUT2D eigenvalue weighted by Crippen LogP contribution is -2.14. The Morgan fingerprint density at radius 3 is 2.85 bits per heavy atom. The number of hydrogen-bond acceptors (Lipinski definition) is 4. The highest BCUT2D eigenvalue weighted by Gasteiger charge is 2.17. The average Bonchev–Trinajstić information content (AvgIpc) is 2.75. The summed E-state index contributed by atoms with van der Waals surface area (Å²) >= 11 is 0. The Kier molecular flexibility index (Phi) is 4.02. The first-order chi connectivity index (χ1) is 9.47. The Hall–Kier alpha value is -2.38. The molecule has 0 aliphatic carbocycles. The number of carboxylic acid groups (broad SMARTS) is 1. The van der Waals surface area contributed by atoms with E-state index in [0.717, 1.165) is 12.1 Å². The Morgan fingerprint density at radius 2 is 2.20 bits per heavy atom. The van der Waals surface area contributed by atoms with E-state index in [4.69, 9.17) is 5.11 Å². The second-order valence-corrected chi connectivity index (χ2v) is 4.51. The summed E-state index contributed by atoms with van der Waals surface area (Å²) in [5.74, 6) is -2.48. The zero-order valence-electron chi connectivity index (χ0n) is 10.6. The van der Waals surface area contributed by atoms with Gasteiger partial charge in [0.15, 0.2) is 5.82 Å². The van der Waals surface area contributed by atoms with Crippen LogP contribution >= 0.6 is 0 Å². The van der Waals surface area contributed by atoms with E-state index in [1.54, 1.807) is 6.92 Å². The van der Waals surface area contributed by atoms with E-state index in [1.165, 1.54) is 10.7 Å². The van der Waals surface area contributed by atoms with Crippen LogP contribution < -0.4 is 0 Å². The Bertz CT molecular complexity index is 630. The molecule has 0 bridgehead atoms. The Morgan fingerprint density at radius 1 is 1.45 bits per heavy atom. The third kappa shape index (κ3) is 3.14. The van der Waals surface area contributed by atoms with Crippen LogP contribution in [0.2, 0.25) is 0 Å². The molecule has 1 N–H and O–H groups in total. The summed E-state index contributed by atoms with van der Waals surface area (Å²) in [6, 6.07) is 3.10. The van der Waals surface area contributed by atoms with Crippen molar-refractivity contribution in [2.45, 2.75) is 19.9 Å². The lowest BCUT2D eigenvalue weighted by atomic mass is 10.1. The maximum atomic E-state index is 13.7. The number of rotatable bonds is 5. The molecule has 8 heteroatoms. The number of carboxylic acids is 1. The van der Waals surface area contributed by atoms with Crippen molar-refractivity contribution in [1.29, 1.82) is 0 Å². The van der Waals surface area contributed by atoms with Crippen molar-refractivity contribution in [3.8, 4) is 11.4 Å². The van der Waals surface area contributed by atoms with Crippen LogP contribution in [0, 0.1) is 17.6 Å². The number of aromatic nitrogens is 4. The zero-order chi connectivity index (χ0) is 14.7. The first kappa shape index (κ1) is 14.0. The largest absolute Gasteiger partial charge is 0.481 e. The van der Waals surface area contributed by atoms with Gasteiger partial charge in [0.2, 0.25) is 0 Å². The molecule has 1 atom stereocenters. The monoisotopic (exact) mass is 282 g/mol. The van der Waals surface area contributed by atoms with Gasteiger partial charge in [0.25, 0.3) is 0 Å². The highest BCUT2D eigenvalue weighted by molar-refractivity contribution is 5.66. The van der Waals surface area contributed by atoms with E-state index in [1.807, 2.05) is 0 Å². The molecule has 0 spiro atoms. The molecule has 0 radical (unpaired) electrons. The fraction of sp³-hybridized carbons (Fsp3) is 0.333. The van der Waals surface area contributed by atoms with Gasteiger partial charge in [0.05, 0.1) is 5.56 Å². The molecule has 0 aliphatic rings. The normalized spacial score (nSPS) is 12.3. The summed E-state index contributed by atoms with van der Waals surface area (Å²) in [5, 5.41) is 19.6. The van der Waals surface area contributed by atoms with E-state index in [-0.39, 0.29) is 30.3 Å². The molecule has 1 aromatic carbocycles. The molecule has 0 aliphatic heterocycles. The summed E-state index contributed by atoms with van der Waals surface area (Å²) in [5.41, 5.74) is 0.0684. The predicted octanol–water partition coefficient (Wildman–Crippen LogP) is 1.73. The van der Waals surface area contributed by atoms with Crippen LogP contribution in [0.15, 0.2) is 18.2 Å². The number of tetrazole rings is 1. The quantitative estimate of drug-likeness (QED) is 0.903. The fourth-order valence-electron chi connectivity index (χ4n) is 1.85. The number of nitrogens with zero attached hydrogens (tertiary/aromatic N) is 4. The summed E-state index contributed by atoms with van der Waals surface area (Å²) in [6.07, 6.45) is -0.0504. The summed E-state index contributed by atoms with van der Waals surface area (Å²) in [4.78, 5) is 10.6. The topological polar surface area (TPSA) is 80.9 Å². The van der Waals surface area contributed by atoms with Gasteiger partial charge in [0, 0.05) is 19.0 Å². The molecule has 2 rings (SSSR count). The van der Waals surface area contributed by atoms with Gasteiger partial charge in [-0.2, -0.15) is 0 Å². The van der Waals surface area contributed by atoms with Gasteiger partial charge in [-0.15, -0.1) is 5.10 Å². The van der Waals surface area contributed by atoms with Crippen LogP contribution in [-0.4, -0.2) is 31.3 Å². The van der Waals surface area contributed by atoms with Crippen molar-refractivity contribution in [1.82, 2.24) is 20.2 Å². The van der Waals surface area contributed by atoms with Crippen LogP contribution in [-0.2, 0) is 11.3 Å². The van der Waals surface area contributed by atoms with E-state index < -0.39 is 17.6 Å². The molecular formula is C12H12F2N4O2. The SMILES string of the molecule is CC(CC(=O)O)Cn1nnnc1-c1ccc(F)cc1F. The predicted molar refractivity (Wildman–Crippen MR) is 64.6 cm³/mol. The van der Waals surface area contributed by atoms with Gasteiger partial charge >= 0.3 is 5.97 Å². The maximum absolute atomic E-state index is 13.7. The number of benzene rings is 1. The molecule has 6 nitrogen and oxygen atoms in total. The highest BCUT2D eigenvalue weighted by Crippen LogP contribution is 2.21. The van der Waals surface area contributed by atoms with Gasteiger partial charge < -0.3 is 5.11 Å². The van der Waals surface area contributed by atoms with E-state index in [9.17, 15) is 13.6 Å². The number of carbonyl (C=O) groups is 1. The van der Waals surface area contributed by atoms with Gasteiger partial charge in [-0.05, 0) is 28.5 Å². The minimum atomic E-state index is -0.930. The molecule has 1 aromatic heterocycles. The third-order valence-electron chi connectivity index (χ3n) is 2.71. The van der Waals surface area contributed by atoms with Crippen molar-refractivity contribution >= 4 is 5.97 Å². The van der Waals surface area contributed by atoms with Gasteiger partial charge in [-0.1, -0.05) is 6.92 Å². The molecular weight excluding hydrogens is 270 g/mol. The second-order valence-electron chi connectivity index (χ2n) is 4.51. The van der Waals surface area contributed by atoms with Crippen molar-refractivity contribution in [3.05, 3.63) is 29.8 Å². The lowest BCUT2D eigenvalue weighted by molar-refractivity contribution is -0.138. The van der Waals surface area contributed by atoms with Crippen LogP contribution in [0.3, 0.4) is 0 Å². The molecule has 2 aromatic rings. The molecule has 0 amide bonds. The van der Waals surface area contributed by atoms with Crippen LogP contribution in [0.5, 0.6) is 0 Å². The van der Waals surface area contributed by atoms with Gasteiger partial charge in [-0.3, -0.25) is 4.79 Å². The van der Waals surface area contributed by atoms with Crippen molar-refractivity contribution < 1.29 is 18.7 Å². The first-order valence-electron chi connectivity index (χ1n) is 5.90. The number of hydrogen-bond donors (Lipinski definition) is 1. The van der Waals surface area contributed by atoms with Crippen molar-refractivity contribution in [2.24, 2.45) is 5.92 Å². The van der Waals surface area contributed by atoms with E-state index in [0.29, 0.717) is 0 Å². The Balaban J connectivity index is 2.26. The molecule has 106 valence electrons. The zero-order valence-corrected chi connectivity index (χ0v) is 10.6. The summed E-state index contributed by atoms with van der Waals surface area (Å²) < 4.78 is 27.9. The van der Waals surface area contributed by atoms with E-state index >= 15 is 0 Å². The summed E-state index contributed by atoms with van der Waals surface area (Å²) in [6.45, 7) is 1.95. The van der Waals surface area contributed by atoms with Crippen LogP contribution in [0.1, 0.15) is 13.3 Å². The molecule has 0 fully saturated rings. The number of halogens is 2. The molecule has 1 heterocycles. The maximum Gasteiger partial charge on any atom is 0.303 e. The third-order valence-corrected chi connectivity index (χ3v) is 2.71. The second kappa shape index (κ2) is 5.72. The minimum Gasteiger partial charge on any atom is -0.481 e. The van der Waals surface area contributed by atoms with Crippen molar-refractivity contribution in [3.63, 3.8) is 0 Å². The molecule has 20 heavy (non-hydrogen) atoms. The fourth-order valence-corrected chi connectivity index (χ4v) is 1.85. The minimum absolute atomic E-state index is 0.0504. The van der Waals surface area contributed by atoms with Crippen molar-refractivity contribution in [2.75, 3.05) is 0 Å². The van der Waals surface area contributed by atoms with Crippen LogP contribution in [0.25, 0.3) is 11.4 Å². The Labute approximate surface area is 113 Å². The molecule has 0 saturated carbocycles. The standard InChI is InChI=1S/C12H12F2N4O2/c1-7(4-11(19)20)6-18-12(15-16-17-18)9-3-2-8(13)5-10(9)14/h2-3,5,7H,4,6H2,1H3,(H,19,20). The number of aliphatic carboxylic acids is 1. The van der Waals surface area contributed by atoms with Crippen LogP contribution in [0.4, 0.5) is 8.78 Å². The smallest absolute Gasteiger partial charge is 0.303 e. The average molecular weight is 282 g/mol. The van der Waals surface area contributed by atoms with Gasteiger partial charge in [-0.25, -0.2) is 13.5 Å². The lowest BCUT2D eigenvalue weighted by Gasteiger charge is -2.10. The van der Waals surface area contributed by atoms with Gasteiger partial charge in [0.1, 0.15) is 11.6 Å². The molecule has 1 unspecified atom stereocenters. The molecule has 0 saturated heterocycles. The summed E-state index contributed by atoms with van der Waals surface area (Å²) in [7, 11) is 0. The highest BCUT2D eigenvalue weighted by atomic mass is 19.1. The van der Waals surface area contributed by atoms with E-state index in [2.05, 4.69) is 15.5 Å².